The molecule has 0 saturated carbocycles. The normalized spacial score (nSPS) is 10.5. The molecule has 0 bridgehead atoms. The fourth-order valence-corrected chi connectivity index (χ4v) is 2.71. The molecule has 2 aromatic rings. The maximum absolute atomic E-state index is 13.7. The van der Waals surface area contributed by atoms with E-state index in [1.807, 2.05) is 32.9 Å². The van der Waals surface area contributed by atoms with Crippen molar-refractivity contribution in [3.8, 4) is 0 Å². The standard InChI is InChI=1S/C19H20F2N2O2/c1-11-7-12(2)18(13(3)8-11)22-17(24)10-23(4)19(25)15-6-5-14(20)9-16(15)21/h5-9H,10H2,1-4H3,(H,22,24). The number of carbonyl (C=O) groups is 2. The lowest BCUT2D eigenvalue weighted by molar-refractivity contribution is -0.116. The quantitative estimate of drug-likeness (QED) is 0.920. The number of likely N-dealkylation sites (N-methyl/N-ethyl adjacent to an activating group) is 1. The van der Waals surface area contributed by atoms with Crippen LogP contribution < -0.4 is 5.32 Å². The first-order valence-electron chi connectivity index (χ1n) is 7.77. The molecule has 25 heavy (non-hydrogen) atoms. The van der Waals surface area contributed by atoms with Gasteiger partial charge in [-0.05, 0) is 44.0 Å². The molecule has 0 heterocycles. The van der Waals surface area contributed by atoms with Crippen molar-refractivity contribution < 1.29 is 18.4 Å². The van der Waals surface area contributed by atoms with E-state index in [1.54, 1.807) is 0 Å². The number of hydrogen-bond acceptors (Lipinski definition) is 2. The molecule has 2 rings (SSSR count). The zero-order chi connectivity index (χ0) is 18.7. The molecule has 1 N–H and O–H groups in total. The third-order valence-electron chi connectivity index (χ3n) is 3.83. The van der Waals surface area contributed by atoms with Crippen LogP contribution in [0.2, 0.25) is 0 Å². The highest BCUT2D eigenvalue weighted by molar-refractivity contribution is 5.99. The molecule has 0 spiro atoms. The summed E-state index contributed by atoms with van der Waals surface area (Å²) in [4.78, 5) is 25.5. The van der Waals surface area contributed by atoms with Crippen LogP contribution in [0, 0.1) is 32.4 Å². The Morgan fingerprint density at radius 3 is 2.20 bits per heavy atom. The van der Waals surface area contributed by atoms with Crippen LogP contribution in [0.4, 0.5) is 14.5 Å². The predicted molar refractivity (Wildman–Crippen MR) is 92.6 cm³/mol. The van der Waals surface area contributed by atoms with Crippen LogP contribution in [0.3, 0.4) is 0 Å². The lowest BCUT2D eigenvalue weighted by Gasteiger charge is -2.19. The van der Waals surface area contributed by atoms with Crippen LogP contribution in [0.5, 0.6) is 0 Å². The number of rotatable bonds is 4. The van der Waals surface area contributed by atoms with Gasteiger partial charge in [-0.15, -0.1) is 0 Å². The number of halogens is 2. The van der Waals surface area contributed by atoms with Crippen LogP contribution in [0.15, 0.2) is 30.3 Å². The van der Waals surface area contributed by atoms with Gasteiger partial charge in [0, 0.05) is 18.8 Å². The first-order chi connectivity index (χ1) is 11.7. The van der Waals surface area contributed by atoms with Crippen molar-refractivity contribution in [3.63, 3.8) is 0 Å². The molecule has 0 aromatic heterocycles. The van der Waals surface area contributed by atoms with Gasteiger partial charge >= 0.3 is 0 Å². The van der Waals surface area contributed by atoms with Crippen molar-refractivity contribution in [1.29, 1.82) is 0 Å². The average Bonchev–Trinajstić information content (AvgIpc) is 2.50. The third kappa shape index (κ3) is 4.41. The van der Waals surface area contributed by atoms with Crippen LogP contribution in [0.1, 0.15) is 27.0 Å². The molecule has 0 aliphatic rings. The van der Waals surface area contributed by atoms with Gasteiger partial charge in [0.1, 0.15) is 11.6 Å². The summed E-state index contributed by atoms with van der Waals surface area (Å²) in [6.07, 6.45) is 0. The van der Waals surface area contributed by atoms with E-state index in [9.17, 15) is 18.4 Å². The molecule has 2 aromatic carbocycles. The van der Waals surface area contributed by atoms with Crippen molar-refractivity contribution >= 4 is 17.5 Å². The summed E-state index contributed by atoms with van der Waals surface area (Å²) >= 11 is 0. The van der Waals surface area contributed by atoms with Crippen molar-refractivity contribution in [1.82, 2.24) is 4.90 Å². The van der Waals surface area contributed by atoms with Crippen molar-refractivity contribution in [2.45, 2.75) is 20.8 Å². The minimum absolute atomic E-state index is 0.248. The van der Waals surface area contributed by atoms with E-state index >= 15 is 0 Å². The zero-order valence-electron chi connectivity index (χ0n) is 14.6. The Kier molecular flexibility index (Phi) is 5.51. The van der Waals surface area contributed by atoms with E-state index < -0.39 is 23.4 Å². The molecule has 6 heteroatoms. The summed E-state index contributed by atoms with van der Waals surface area (Å²) in [6, 6.07) is 6.61. The average molecular weight is 346 g/mol. The van der Waals surface area contributed by atoms with Crippen molar-refractivity contribution in [2.75, 3.05) is 18.9 Å². The second kappa shape index (κ2) is 7.42. The maximum Gasteiger partial charge on any atom is 0.257 e. The van der Waals surface area contributed by atoms with Gasteiger partial charge in [0.05, 0.1) is 12.1 Å². The highest BCUT2D eigenvalue weighted by atomic mass is 19.1. The molecule has 0 saturated heterocycles. The SMILES string of the molecule is Cc1cc(C)c(NC(=O)CN(C)C(=O)c2ccc(F)cc2F)c(C)c1. The number of nitrogens with zero attached hydrogens (tertiary/aromatic N) is 1. The van der Waals surface area contributed by atoms with E-state index in [1.165, 1.54) is 7.05 Å². The van der Waals surface area contributed by atoms with Gasteiger partial charge in [0.15, 0.2) is 0 Å². The number of anilines is 1. The molecule has 0 atom stereocenters. The Hall–Kier alpha value is -2.76. The first kappa shape index (κ1) is 18.6. The second-order valence-corrected chi connectivity index (χ2v) is 6.11. The minimum atomic E-state index is -0.956. The molecular formula is C19H20F2N2O2. The number of aryl methyl sites for hydroxylation is 3. The zero-order valence-corrected chi connectivity index (χ0v) is 14.6. The fraction of sp³-hybridized carbons (Fsp3) is 0.263. The number of carbonyl (C=O) groups excluding carboxylic acids is 2. The maximum atomic E-state index is 13.7. The Morgan fingerprint density at radius 2 is 1.64 bits per heavy atom. The molecule has 0 fully saturated rings. The lowest BCUT2D eigenvalue weighted by Crippen LogP contribution is -2.35. The largest absolute Gasteiger partial charge is 0.332 e. The van der Waals surface area contributed by atoms with E-state index in [4.69, 9.17) is 0 Å². The lowest BCUT2D eigenvalue weighted by atomic mass is 10.1. The highest BCUT2D eigenvalue weighted by Gasteiger charge is 2.19. The molecule has 0 unspecified atom stereocenters. The summed E-state index contributed by atoms with van der Waals surface area (Å²) in [5.74, 6) is -2.80. The first-order valence-corrected chi connectivity index (χ1v) is 7.77. The number of hydrogen-bond donors (Lipinski definition) is 1. The highest BCUT2D eigenvalue weighted by Crippen LogP contribution is 2.22. The van der Waals surface area contributed by atoms with Gasteiger partial charge in [-0.3, -0.25) is 9.59 Å². The molecule has 0 radical (unpaired) electrons. The minimum Gasteiger partial charge on any atom is -0.332 e. The Balaban J connectivity index is 2.09. The second-order valence-electron chi connectivity index (χ2n) is 6.11. The number of benzene rings is 2. The van der Waals surface area contributed by atoms with Crippen LogP contribution in [-0.2, 0) is 4.79 Å². The van der Waals surface area contributed by atoms with Gasteiger partial charge in [0.2, 0.25) is 5.91 Å². The number of nitrogens with one attached hydrogen (secondary N) is 1. The van der Waals surface area contributed by atoms with Crippen LogP contribution >= 0.6 is 0 Å². The van der Waals surface area contributed by atoms with Crippen molar-refractivity contribution in [3.05, 3.63) is 64.2 Å². The molecule has 0 aliphatic heterocycles. The van der Waals surface area contributed by atoms with E-state index in [-0.39, 0.29) is 12.1 Å². The predicted octanol–water partition coefficient (Wildman–Crippen LogP) is 3.60. The van der Waals surface area contributed by atoms with Gasteiger partial charge in [-0.1, -0.05) is 17.7 Å². The topological polar surface area (TPSA) is 49.4 Å². The molecule has 2 amide bonds. The van der Waals surface area contributed by atoms with Gasteiger partial charge < -0.3 is 10.2 Å². The summed E-state index contributed by atoms with van der Waals surface area (Å²) in [6.45, 7) is 5.49. The third-order valence-corrected chi connectivity index (χ3v) is 3.83. The summed E-state index contributed by atoms with van der Waals surface area (Å²) < 4.78 is 26.6. The van der Waals surface area contributed by atoms with E-state index in [0.717, 1.165) is 33.7 Å². The smallest absolute Gasteiger partial charge is 0.257 e. The van der Waals surface area contributed by atoms with Crippen molar-refractivity contribution in [2.24, 2.45) is 0 Å². The Labute approximate surface area is 145 Å². The van der Waals surface area contributed by atoms with Gasteiger partial charge in [-0.25, -0.2) is 8.78 Å². The molecular weight excluding hydrogens is 326 g/mol. The summed E-state index contributed by atoms with van der Waals surface area (Å²) in [5.41, 5.74) is 3.35. The van der Waals surface area contributed by atoms with Gasteiger partial charge in [-0.2, -0.15) is 0 Å². The van der Waals surface area contributed by atoms with E-state index in [2.05, 4.69) is 5.32 Å². The summed E-state index contributed by atoms with van der Waals surface area (Å²) in [7, 11) is 1.39. The monoisotopic (exact) mass is 346 g/mol. The van der Waals surface area contributed by atoms with Crippen LogP contribution in [0.25, 0.3) is 0 Å². The van der Waals surface area contributed by atoms with Gasteiger partial charge in [0.25, 0.3) is 5.91 Å². The molecule has 132 valence electrons. The Bertz CT molecular complexity index is 811. The summed E-state index contributed by atoms with van der Waals surface area (Å²) in [5, 5.41) is 2.78. The van der Waals surface area contributed by atoms with Crippen LogP contribution in [-0.4, -0.2) is 30.3 Å². The fourth-order valence-electron chi connectivity index (χ4n) is 2.71. The van der Waals surface area contributed by atoms with E-state index in [0.29, 0.717) is 11.8 Å². The number of amides is 2. The molecule has 0 aliphatic carbocycles. The Morgan fingerprint density at radius 1 is 1.04 bits per heavy atom. The molecule has 4 nitrogen and oxygen atoms in total.